The van der Waals surface area contributed by atoms with Crippen molar-refractivity contribution in [2.75, 3.05) is 18.6 Å². The van der Waals surface area contributed by atoms with Crippen LogP contribution in [0, 0.1) is 0 Å². The molecule has 100 valence electrons. The summed E-state index contributed by atoms with van der Waals surface area (Å²) in [7, 11) is -2.91. The lowest BCUT2D eigenvalue weighted by molar-refractivity contribution is 0.180. The van der Waals surface area contributed by atoms with Crippen molar-refractivity contribution < 1.29 is 18.3 Å². The van der Waals surface area contributed by atoms with Crippen molar-refractivity contribution in [3.05, 3.63) is 29.3 Å². The summed E-state index contributed by atoms with van der Waals surface area (Å²) < 4.78 is 27.4. The first-order chi connectivity index (χ1) is 8.46. The Kier molecular flexibility index (Phi) is 3.92. The summed E-state index contributed by atoms with van der Waals surface area (Å²) in [5.41, 5.74) is 2.11. The lowest BCUT2D eigenvalue weighted by Crippen LogP contribution is -2.08. The molecule has 2 rings (SSSR count). The van der Waals surface area contributed by atoms with Crippen LogP contribution < -0.4 is 4.74 Å². The number of aliphatic hydroxyl groups is 1. The summed E-state index contributed by atoms with van der Waals surface area (Å²) in [6.45, 7) is 0.397. The standard InChI is InChI=1S/C13H18O4S/c1-18(15,16)8-2-7-17-11-4-5-12-10(9-11)3-6-13(12)14/h4-5,9,13-14H,2-3,6-8H2,1H3. The third-order valence-corrected chi connectivity index (χ3v) is 4.12. The molecule has 18 heavy (non-hydrogen) atoms. The molecule has 0 radical (unpaired) electrons. The minimum Gasteiger partial charge on any atom is -0.494 e. The van der Waals surface area contributed by atoms with Crippen LogP contribution in [0.25, 0.3) is 0 Å². The molecule has 0 bridgehead atoms. The van der Waals surface area contributed by atoms with Gasteiger partial charge in [-0.25, -0.2) is 8.42 Å². The van der Waals surface area contributed by atoms with Crippen LogP contribution in [0.5, 0.6) is 5.75 Å². The van der Waals surface area contributed by atoms with Gasteiger partial charge in [-0.3, -0.25) is 0 Å². The number of sulfone groups is 1. The molecule has 0 aliphatic heterocycles. The molecule has 1 aliphatic carbocycles. The Hall–Kier alpha value is -1.07. The fourth-order valence-corrected chi connectivity index (χ4v) is 2.81. The van der Waals surface area contributed by atoms with Crippen LogP contribution in [0.3, 0.4) is 0 Å². The quantitative estimate of drug-likeness (QED) is 0.823. The highest BCUT2D eigenvalue weighted by Gasteiger charge is 2.20. The predicted octanol–water partition coefficient (Wildman–Crippen LogP) is 1.48. The van der Waals surface area contributed by atoms with Crippen molar-refractivity contribution in [3.63, 3.8) is 0 Å². The molecule has 4 nitrogen and oxygen atoms in total. The van der Waals surface area contributed by atoms with Gasteiger partial charge in [0.15, 0.2) is 0 Å². The summed E-state index contributed by atoms with van der Waals surface area (Å²) in [6, 6.07) is 5.65. The van der Waals surface area contributed by atoms with Gasteiger partial charge in [-0.1, -0.05) is 6.07 Å². The van der Waals surface area contributed by atoms with E-state index in [2.05, 4.69) is 0 Å². The van der Waals surface area contributed by atoms with E-state index in [1.54, 1.807) is 0 Å². The average molecular weight is 270 g/mol. The van der Waals surface area contributed by atoms with Crippen LogP contribution in [0.15, 0.2) is 18.2 Å². The minimum atomic E-state index is -2.91. The van der Waals surface area contributed by atoms with E-state index < -0.39 is 9.84 Å². The summed E-state index contributed by atoms with van der Waals surface area (Å²) in [4.78, 5) is 0. The zero-order valence-corrected chi connectivity index (χ0v) is 11.2. The zero-order valence-electron chi connectivity index (χ0n) is 10.4. The lowest BCUT2D eigenvalue weighted by atomic mass is 10.1. The summed E-state index contributed by atoms with van der Waals surface area (Å²) in [5, 5.41) is 9.67. The molecule has 0 spiro atoms. The van der Waals surface area contributed by atoms with E-state index in [1.807, 2.05) is 18.2 Å². The van der Waals surface area contributed by atoms with Gasteiger partial charge in [-0.15, -0.1) is 0 Å². The van der Waals surface area contributed by atoms with Gasteiger partial charge in [0, 0.05) is 6.26 Å². The Balaban J connectivity index is 1.88. The summed E-state index contributed by atoms with van der Waals surface area (Å²) >= 11 is 0. The van der Waals surface area contributed by atoms with Crippen LogP contribution in [-0.2, 0) is 16.3 Å². The predicted molar refractivity (Wildman–Crippen MR) is 69.5 cm³/mol. The van der Waals surface area contributed by atoms with Crippen LogP contribution in [-0.4, -0.2) is 32.1 Å². The second-order valence-corrected chi connectivity index (χ2v) is 7.01. The Morgan fingerprint density at radius 3 is 2.94 bits per heavy atom. The normalized spacial score (nSPS) is 18.7. The molecule has 0 amide bonds. The van der Waals surface area contributed by atoms with Crippen molar-refractivity contribution in [1.82, 2.24) is 0 Å². The summed E-state index contributed by atoms with van der Waals surface area (Å²) in [5.74, 6) is 0.896. The van der Waals surface area contributed by atoms with E-state index in [4.69, 9.17) is 4.74 Å². The first kappa shape index (κ1) is 13.4. The molecule has 0 aromatic heterocycles. The van der Waals surface area contributed by atoms with Gasteiger partial charge in [-0.05, 0) is 42.5 Å². The molecule has 1 aromatic carbocycles. The number of aryl methyl sites for hydroxylation is 1. The third kappa shape index (κ3) is 3.46. The van der Waals surface area contributed by atoms with Crippen LogP contribution in [0.1, 0.15) is 30.1 Å². The monoisotopic (exact) mass is 270 g/mol. The molecule has 5 heteroatoms. The fraction of sp³-hybridized carbons (Fsp3) is 0.538. The highest BCUT2D eigenvalue weighted by molar-refractivity contribution is 7.90. The molecule has 0 heterocycles. The molecule has 1 N–H and O–H groups in total. The smallest absolute Gasteiger partial charge is 0.147 e. The number of benzene rings is 1. The Bertz CT molecular complexity index is 522. The Morgan fingerprint density at radius 2 is 2.22 bits per heavy atom. The van der Waals surface area contributed by atoms with Crippen molar-refractivity contribution in [3.8, 4) is 5.75 Å². The van der Waals surface area contributed by atoms with E-state index in [-0.39, 0.29) is 11.9 Å². The second kappa shape index (κ2) is 5.28. The van der Waals surface area contributed by atoms with E-state index in [9.17, 15) is 13.5 Å². The number of aliphatic hydroxyl groups excluding tert-OH is 1. The molecular weight excluding hydrogens is 252 g/mol. The fourth-order valence-electron chi connectivity index (χ4n) is 2.17. The van der Waals surface area contributed by atoms with Gasteiger partial charge in [0.1, 0.15) is 15.6 Å². The van der Waals surface area contributed by atoms with E-state index in [0.717, 1.165) is 29.7 Å². The Labute approximate surface area is 108 Å². The molecule has 0 saturated heterocycles. The topological polar surface area (TPSA) is 63.6 Å². The highest BCUT2D eigenvalue weighted by Crippen LogP contribution is 2.33. The largest absolute Gasteiger partial charge is 0.494 e. The maximum atomic E-state index is 10.9. The summed E-state index contributed by atoms with van der Waals surface area (Å²) in [6.07, 6.45) is 3.02. The number of fused-ring (bicyclic) bond motifs is 1. The minimum absolute atomic E-state index is 0.149. The van der Waals surface area contributed by atoms with Crippen molar-refractivity contribution in [2.24, 2.45) is 0 Å². The molecular formula is C13H18O4S. The number of rotatable bonds is 5. The Morgan fingerprint density at radius 1 is 1.44 bits per heavy atom. The van der Waals surface area contributed by atoms with Crippen LogP contribution in [0.4, 0.5) is 0 Å². The van der Waals surface area contributed by atoms with Gasteiger partial charge in [-0.2, -0.15) is 0 Å². The van der Waals surface area contributed by atoms with Gasteiger partial charge in [0.2, 0.25) is 0 Å². The van der Waals surface area contributed by atoms with Crippen molar-refractivity contribution in [2.45, 2.75) is 25.4 Å². The molecule has 0 saturated carbocycles. The van der Waals surface area contributed by atoms with Gasteiger partial charge >= 0.3 is 0 Å². The molecule has 1 aliphatic rings. The molecule has 1 atom stereocenters. The zero-order chi connectivity index (χ0) is 13.2. The van der Waals surface area contributed by atoms with E-state index >= 15 is 0 Å². The first-order valence-electron chi connectivity index (χ1n) is 6.07. The lowest BCUT2D eigenvalue weighted by Gasteiger charge is -2.08. The number of hydrogen-bond donors (Lipinski definition) is 1. The van der Waals surface area contributed by atoms with Gasteiger partial charge in [0.05, 0.1) is 18.5 Å². The molecule has 1 aromatic rings. The van der Waals surface area contributed by atoms with Gasteiger partial charge in [0.25, 0.3) is 0 Å². The van der Waals surface area contributed by atoms with Crippen LogP contribution >= 0.6 is 0 Å². The number of hydrogen-bond acceptors (Lipinski definition) is 4. The maximum Gasteiger partial charge on any atom is 0.147 e. The third-order valence-electron chi connectivity index (χ3n) is 3.09. The average Bonchev–Trinajstić information content (AvgIpc) is 2.65. The first-order valence-corrected chi connectivity index (χ1v) is 8.13. The number of ether oxygens (including phenoxy) is 1. The maximum absolute atomic E-state index is 10.9. The van der Waals surface area contributed by atoms with Crippen molar-refractivity contribution >= 4 is 9.84 Å². The molecule has 0 fully saturated rings. The van der Waals surface area contributed by atoms with E-state index in [1.165, 1.54) is 6.26 Å². The SMILES string of the molecule is CS(=O)(=O)CCCOc1ccc2c(c1)CCC2O. The second-order valence-electron chi connectivity index (χ2n) is 4.75. The van der Waals surface area contributed by atoms with Crippen LogP contribution in [0.2, 0.25) is 0 Å². The van der Waals surface area contributed by atoms with E-state index in [0.29, 0.717) is 13.0 Å². The van der Waals surface area contributed by atoms with Gasteiger partial charge < -0.3 is 9.84 Å². The molecule has 1 unspecified atom stereocenters. The highest BCUT2D eigenvalue weighted by atomic mass is 32.2. The van der Waals surface area contributed by atoms with Crippen molar-refractivity contribution in [1.29, 1.82) is 0 Å².